The Hall–Kier alpha value is -1.97. The van der Waals surface area contributed by atoms with Crippen LogP contribution in [-0.4, -0.2) is 17.4 Å². The zero-order valence-corrected chi connectivity index (χ0v) is 10.2. The van der Waals surface area contributed by atoms with Crippen LogP contribution in [0.3, 0.4) is 0 Å². The number of nitrogens with zero attached hydrogens (tertiary/aromatic N) is 1. The number of carbonyl (C=O) groups excluding carboxylic acids is 1. The van der Waals surface area contributed by atoms with Crippen molar-refractivity contribution in [3.05, 3.63) is 41.8 Å². The van der Waals surface area contributed by atoms with Gasteiger partial charge in [0, 0.05) is 24.0 Å². The lowest BCUT2D eigenvalue weighted by Crippen LogP contribution is -2.22. The van der Waals surface area contributed by atoms with Gasteiger partial charge < -0.3 is 5.32 Å². The topological polar surface area (TPSA) is 42.0 Å². The van der Waals surface area contributed by atoms with Crippen molar-refractivity contribution in [3.63, 3.8) is 0 Å². The molecule has 1 aromatic carbocycles. The molecule has 1 heterocycles. The van der Waals surface area contributed by atoms with Crippen LogP contribution in [0.1, 0.15) is 19.0 Å². The number of rotatable bonds is 4. The Morgan fingerprint density at radius 2 is 2.17 bits per heavy atom. The Labute approximate surface area is 105 Å². The van der Waals surface area contributed by atoms with E-state index in [9.17, 15) is 9.18 Å². The summed E-state index contributed by atoms with van der Waals surface area (Å²) in [5, 5.41) is 3.50. The highest BCUT2D eigenvalue weighted by Gasteiger charge is 2.05. The fourth-order valence-corrected chi connectivity index (χ4v) is 1.82. The van der Waals surface area contributed by atoms with Crippen LogP contribution in [0.25, 0.3) is 10.9 Å². The molecule has 0 saturated heterocycles. The van der Waals surface area contributed by atoms with Gasteiger partial charge in [0.1, 0.15) is 11.3 Å². The van der Waals surface area contributed by atoms with Gasteiger partial charge in [0.15, 0.2) is 0 Å². The van der Waals surface area contributed by atoms with Gasteiger partial charge in [-0.15, -0.1) is 0 Å². The Kier molecular flexibility index (Phi) is 3.87. The molecule has 0 fully saturated rings. The minimum atomic E-state index is -0.327. The van der Waals surface area contributed by atoms with E-state index >= 15 is 0 Å². The summed E-state index contributed by atoms with van der Waals surface area (Å²) >= 11 is 0. The third-order valence-electron chi connectivity index (χ3n) is 2.71. The van der Waals surface area contributed by atoms with Crippen molar-refractivity contribution in [3.8, 4) is 0 Å². The largest absolute Gasteiger partial charge is 0.356 e. The molecule has 0 aliphatic carbocycles. The van der Waals surface area contributed by atoms with E-state index in [0.717, 1.165) is 11.1 Å². The molecular formula is C14H15FN2O. The summed E-state index contributed by atoms with van der Waals surface area (Å²) in [5.74, 6) is -0.333. The van der Waals surface area contributed by atoms with Crippen molar-refractivity contribution in [2.45, 2.75) is 19.8 Å². The number of fused-ring (bicyclic) bond motifs is 1. The van der Waals surface area contributed by atoms with Gasteiger partial charge in [-0.3, -0.25) is 4.79 Å². The van der Waals surface area contributed by atoms with E-state index in [0.29, 0.717) is 24.9 Å². The van der Waals surface area contributed by atoms with Gasteiger partial charge in [0.25, 0.3) is 0 Å². The SMILES string of the molecule is CCNC(=O)CCc1ccc2cccc(F)c2n1. The molecule has 3 nitrogen and oxygen atoms in total. The highest BCUT2D eigenvalue weighted by Crippen LogP contribution is 2.16. The monoisotopic (exact) mass is 246 g/mol. The zero-order chi connectivity index (χ0) is 13.0. The maximum atomic E-state index is 13.5. The second-order valence-corrected chi connectivity index (χ2v) is 4.07. The molecule has 0 unspecified atom stereocenters. The first-order valence-corrected chi connectivity index (χ1v) is 6.01. The summed E-state index contributed by atoms with van der Waals surface area (Å²) in [6.45, 7) is 2.50. The Bertz CT molecular complexity index is 569. The number of hydrogen-bond acceptors (Lipinski definition) is 2. The molecule has 1 N–H and O–H groups in total. The van der Waals surface area contributed by atoms with Crippen LogP contribution in [0.4, 0.5) is 4.39 Å². The molecule has 0 aliphatic rings. The number of halogens is 1. The number of pyridine rings is 1. The van der Waals surface area contributed by atoms with Crippen LogP contribution in [0, 0.1) is 5.82 Å². The number of para-hydroxylation sites is 1. The van der Waals surface area contributed by atoms with E-state index in [2.05, 4.69) is 10.3 Å². The standard InChI is InChI=1S/C14H15FN2O/c1-2-16-13(18)9-8-11-7-6-10-4-3-5-12(15)14(10)17-11/h3-7H,2,8-9H2,1H3,(H,16,18). The first-order chi connectivity index (χ1) is 8.70. The van der Waals surface area contributed by atoms with E-state index in [4.69, 9.17) is 0 Å². The summed E-state index contributed by atoms with van der Waals surface area (Å²) in [4.78, 5) is 15.6. The predicted molar refractivity (Wildman–Crippen MR) is 68.7 cm³/mol. The van der Waals surface area contributed by atoms with Crippen molar-refractivity contribution < 1.29 is 9.18 Å². The van der Waals surface area contributed by atoms with Crippen molar-refractivity contribution in [1.82, 2.24) is 10.3 Å². The molecule has 0 radical (unpaired) electrons. The lowest BCUT2D eigenvalue weighted by Gasteiger charge is -2.04. The highest BCUT2D eigenvalue weighted by molar-refractivity contribution is 5.79. The van der Waals surface area contributed by atoms with E-state index in [1.807, 2.05) is 25.1 Å². The van der Waals surface area contributed by atoms with Crippen LogP contribution >= 0.6 is 0 Å². The smallest absolute Gasteiger partial charge is 0.220 e. The molecule has 2 aromatic rings. The molecule has 94 valence electrons. The fourth-order valence-electron chi connectivity index (χ4n) is 1.82. The van der Waals surface area contributed by atoms with Crippen LogP contribution in [-0.2, 0) is 11.2 Å². The summed E-state index contributed by atoms with van der Waals surface area (Å²) in [6.07, 6.45) is 0.900. The molecule has 18 heavy (non-hydrogen) atoms. The minimum absolute atomic E-state index is 0.00655. The molecule has 2 rings (SSSR count). The van der Waals surface area contributed by atoms with Crippen molar-refractivity contribution in [2.75, 3.05) is 6.54 Å². The predicted octanol–water partition coefficient (Wildman–Crippen LogP) is 2.44. The fraction of sp³-hybridized carbons (Fsp3) is 0.286. The van der Waals surface area contributed by atoms with Crippen molar-refractivity contribution in [1.29, 1.82) is 0 Å². The Balaban J connectivity index is 2.15. The maximum absolute atomic E-state index is 13.5. The molecule has 0 saturated carbocycles. The van der Waals surface area contributed by atoms with Crippen LogP contribution in [0.15, 0.2) is 30.3 Å². The van der Waals surface area contributed by atoms with Crippen LogP contribution in [0.2, 0.25) is 0 Å². The second-order valence-electron chi connectivity index (χ2n) is 4.07. The number of benzene rings is 1. The molecule has 1 amide bonds. The van der Waals surface area contributed by atoms with E-state index < -0.39 is 0 Å². The highest BCUT2D eigenvalue weighted by atomic mass is 19.1. The molecule has 1 aromatic heterocycles. The summed E-state index contributed by atoms with van der Waals surface area (Å²) in [7, 11) is 0. The molecule has 0 spiro atoms. The number of amides is 1. The lowest BCUT2D eigenvalue weighted by atomic mass is 10.1. The third-order valence-corrected chi connectivity index (χ3v) is 2.71. The molecule has 0 aliphatic heterocycles. The van der Waals surface area contributed by atoms with Crippen molar-refractivity contribution >= 4 is 16.8 Å². The first-order valence-electron chi connectivity index (χ1n) is 6.01. The van der Waals surface area contributed by atoms with E-state index in [-0.39, 0.29) is 11.7 Å². The second kappa shape index (κ2) is 5.58. The average Bonchev–Trinajstić information content (AvgIpc) is 2.37. The van der Waals surface area contributed by atoms with E-state index in [1.54, 1.807) is 6.07 Å². The van der Waals surface area contributed by atoms with Crippen LogP contribution < -0.4 is 5.32 Å². The van der Waals surface area contributed by atoms with Gasteiger partial charge >= 0.3 is 0 Å². The summed E-state index contributed by atoms with van der Waals surface area (Å²) < 4.78 is 13.5. The number of hydrogen-bond donors (Lipinski definition) is 1. The van der Waals surface area contributed by atoms with Gasteiger partial charge in [0.05, 0.1) is 0 Å². The first kappa shape index (κ1) is 12.5. The number of carbonyl (C=O) groups is 1. The Morgan fingerprint density at radius 1 is 1.33 bits per heavy atom. The van der Waals surface area contributed by atoms with Gasteiger partial charge in [-0.2, -0.15) is 0 Å². The zero-order valence-electron chi connectivity index (χ0n) is 10.2. The molecule has 4 heteroatoms. The van der Waals surface area contributed by atoms with Gasteiger partial charge in [-0.1, -0.05) is 18.2 Å². The molecular weight excluding hydrogens is 231 g/mol. The van der Waals surface area contributed by atoms with Gasteiger partial charge in [-0.25, -0.2) is 9.37 Å². The minimum Gasteiger partial charge on any atom is -0.356 e. The average molecular weight is 246 g/mol. The maximum Gasteiger partial charge on any atom is 0.220 e. The molecule has 0 bridgehead atoms. The Morgan fingerprint density at radius 3 is 2.94 bits per heavy atom. The number of nitrogens with one attached hydrogen (secondary N) is 1. The van der Waals surface area contributed by atoms with Gasteiger partial charge in [-0.05, 0) is 25.5 Å². The summed E-state index contributed by atoms with van der Waals surface area (Å²) in [6, 6.07) is 8.54. The molecule has 0 atom stereocenters. The van der Waals surface area contributed by atoms with Crippen LogP contribution in [0.5, 0.6) is 0 Å². The number of aromatic nitrogens is 1. The number of aryl methyl sites for hydroxylation is 1. The lowest BCUT2D eigenvalue weighted by molar-refractivity contribution is -0.120. The normalized spacial score (nSPS) is 10.6. The van der Waals surface area contributed by atoms with Gasteiger partial charge in [0.2, 0.25) is 5.91 Å². The third kappa shape index (κ3) is 2.83. The van der Waals surface area contributed by atoms with Crippen molar-refractivity contribution in [2.24, 2.45) is 0 Å². The van der Waals surface area contributed by atoms with E-state index in [1.165, 1.54) is 6.07 Å². The quantitative estimate of drug-likeness (QED) is 0.900. The summed E-state index contributed by atoms with van der Waals surface area (Å²) in [5.41, 5.74) is 1.10.